The van der Waals surface area contributed by atoms with Crippen LogP contribution in [-0.4, -0.2) is 18.4 Å². The Balaban J connectivity index is 1.54. The molecule has 0 aromatic heterocycles. The topological polar surface area (TPSA) is 67.4 Å². The molecule has 0 radical (unpaired) electrons. The van der Waals surface area contributed by atoms with Gasteiger partial charge in [-0.1, -0.05) is 56.3 Å². The molecule has 3 aromatic rings. The Kier molecular flexibility index (Phi) is 6.27. The monoisotopic (exact) mass is 376 g/mol. The summed E-state index contributed by atoms with van der Waals surface area (Å²) >= 11 is 0. The first kappa shape index (κ1) is 19.4. The van der Waals surface area contributed by atoms with E-state index in [-0.39, 0.29) is 18.2 Å². The fourth-order valence-electron chi connectivity index (χ4n) is 2.83. The van der Waals surface area contributed by atoms with Gasteiger partial charge in [-0.15, -0.1) is 0 Å². The summed E-state index contributed by atoms with van der Waals surface area (Å²) in [5, 5.41) is 2.11. The van der Waals surface area contributed by atoms with Crippen molar-refractivity contribution in [2.24, 2.45) is 5.92 Å². The van der Waals surface area contributed by atoms with Crippen LogP contribution in [0.3, 0.4) is 0 Å². The molecule has 2 N–H and O–H groups in total. The number of carbonyl (C=O) groups excluding carboxylic acids is 2. The Labute approximate surface area is 164 Å². The van der Waals surface area contributed by atoms with E-state index in [2.05, 4.69) is 24.7 Å². The van der Waals surface area contributed by atoms with E-state index in [1.807, 2.05) is 42.5 Å². The Morgan fingerprint density at radius 2 is 1.61 bits per heavy atom. The number of amides is 2. The summed E-state index contributed by atoms with van der Waals surface area (Å²) in [5.41, 5.74) is 6.30. The maximum absolute atomic E-state index is 12.2. The summed E-state index contributed by atoms with van der Waals surface area (Å²) in [7, 11) is 0. The van der Waals surface area contributed by atoms with Crippen LogP contribution in [0.2, 0.25) is 0 Å². The van der Waals surface area contributed by atoms with Gasteiger partial charge in [0.05, 0.1) is 13.0 Å². The first-order valence-corrected chi connectivity index (χ1v) is 9.31. The van der Waals surface area contributed by atoms with Crippen LogP contribution in [0.5, 0.6) is 5.75 Å². The second kappa shape index (κ2) is 9.04. The second-order valence-electron chi connectivity index (χ2n) is 7.05. The number of carbonyl (C=O) groups is 2. The Morgan fingerprint density at radius 1 is 0.893 bits per heavy atom. The summed E-state index contributed by atoms with van der Waals surface area (Å²) in [4.78, 5) is 24.5. The molecule has 5 heteroatoms. The highest BCUT2D eigenvalue weighted by Gasteiger charge is 2.10. The molecule has 0 atom stereocenters. The molecule has 3 rings (SSSR count). The van der Waals surface area contributed by atoms with E-state index < -0.39 is 0 Å². The van der Waals surface area contributed by atoms with Gasteiger partial charge in [0, 0.05) is 5.56 Å². The van der Waals surface area contributed by atoms with Gasteiger partial charge in [-0.25, -0.2) is 0 Å². The standard InChI is InChI=1S/C23H24N2O3/c1-16(2)15-28-20-12-10-18(11-13-20)23(27)25-24-22(26)14-19-8-5-7-17-6-3-4-9-21(17)19/h3-13,16H,14-15H2,1-2H3,(H,24,26)(H,25,27). The van der Waals surface area contributed by atoms with Crippen molar-refractivity contribution in [1.82, 2.24) is 10.9 Å². The lowest BCUT2D eigenvalue weighted by atomic mass is 10.0. The largest absolute Gasteiger partial charge is 0.493 e. The zero-order chi connectivity index (χ0) is 19.9. The minimum absolute atomic E-state index is 0.184. The molecule has 0 heterocycles. The number of hydrogen-bond acceptors (Lipinski definition) is 3. The van der Waals surface area contributed by atoms with Gasteiger partial charge in [-0.05, 0) is 46.5 Å². The predicted octanol–water partition coefficient (Wildman–Crippen LogP) is 3.88. The summed E-state index contributed by atoms with van der Waals surface area (Å²) < 4.78 is 5.60. The molecule has 0 spiro atoms. The van der Waals surface area contributed by atoms with Crippen LogP contribution in [0.25, 0.3) is 10.8 Å². The molecule has 5 nitrogen and oxygen atoms in total. The van der Waals surface area contributed by atoms with Crippen LogP contribution in [0.4, 0.5) is 0 Å². The third-order valence-electron chi connectivity index (χ3n) is 4.25. The molecular formula is C23H24N2O3. The number of benzene rings is 3. The van der Waals surface area contributed by atoms with Gasteiger partial charge in [0.25, 0.3) is 5.91 Å². The van der Waals surface area contributed by atoms with E-state index in [9.17, 15) is 9.59 Å². The molecule has 28 heavy (non-hydrogen) atoms. The Morgan fingerprint density at radius 3 is 2.36 bits per heavy atom. The van der Waals surface area contributed by atoms with Gasteiger partial charge >= 0.3 is 0 Å². The predicted molar refractivity (Wildman–Crippen MR) is 110 cm³/mol. The molecule has 0 aliphatic carbocycles. The Hall–Kier alpha value is -3.34. The smallest absolute Gasteiger partial charge is 0.269 e. The van der Waals surface area contributed by atoms with Crippen LogP contribution >= 0.6 is 0 Å². The fourth-order valence-corrected chi connectivity index (χ4v) is 2.83. The van der Waals surface area contributed by atoms with Crippen molar-refractivity contribution < 1.29 is 14.3 Å². The highest BCUT2D eigenvalue weighted by molar-refractivity contribution is 5.96. The van der Waals surface area contributed by atoms with E-state index in [0.29, 0.717) is 23.8 Å². The average Bonchev–Trinajstić information content (AvgIpc) is 2.71. The summed E-state index contributed by atoms with van der Waals surface area (Å²) in [6, 6.07) is 20.6. The molecule has 0 fully saturated rings. The van der Waals surface area contributed by atoms with E-state index in [0.717, 1.165) is 16.3 Å². The summed E-state index contributed by atoms with van der Waals surface area (Å²) in [5.74, 6) is 0.494. The molecule has 0 bridgehead atoms. The van der Waals surface area contributed by atoms with Crippen LogP contribution in [0.1, 0.15) is 29.8 Å². The molecular weight excluding hydrogens is 352 g/mol. The van der Waals surface area contributed by atoms with Gasteiger partial charge in [-0.3, -0.25) is 20.4 Å². The van der Waals surface area contributed by atoms with E-state index in [1.165, 1.54) is 0 Å². The van der Waals surface area contributed by atoms with Crippen molar-refractivity contribution in [2.45, 2.75) is 20.3 Å². The number of hydrazine groups is 1. The quantitative estimate of drug-likeness (QED) is 0.642. The molecule has 2 amide bonds. The van der Waals surface area contributed by atoms with Crippen molar-refractivity contribution in [1.29, 1.82) is 0 Å². The molecule has 0 saturated heterocycles. The van der Waals surface area contributed by atoms with Crippen LogP contribution < -0.4 is 15.6 Å². The van der Waals surface area contributed by atoms with Crippen molar-refractivity contribution in [2.75, 3.05) is 6.61 Å². The van der Waals surface area contributed by atoms with Gasteiger partial charge in [0.15, 0.2) is 0 Å². The average molecular weight is 376 g/mol. The Bertz CT molecular complexity index is 960. The third-order valence-corrected chi connectivity index (χ3v) is 4.25. The number of nitrogens with one attached hydrogen (secondary N) is 2. The van der Waals surface area contributed by atoms with Crippen LogP contribution in [0, 0.1) is 5.92 Å². The zero-order valence-corrected chi connectivity index (χ0v) is 16.1. The minimum Gasteiger partial charge on any atom is -0.493 e. The normalized spacial score (nSPS) is 10.7. The van der Waals surface area contributed by atoms with Crippen molar-refractivity contribution >= 4 is 22.6 Å². The maximum Gasteiger partial charge on any atom is 0.269 e. The number of ether oxygens (including phenoxy) is 1. The summed E-state index contributed by atoms with van der Waals surface area (Å²) in [6.45, 7) is 4.77. The molecule has 0 aliphatic rings. The maximum atomic E-state index is 12.2. The number of fused-ring (bicyclic) bond motifs is 1. The second-order valence-corrected chi connectivity index (χ2v) is 7.05. The molecule has 0 aliphatic heterocycles. The summed E-state index contributed by atoms with van der Waals surface area (Å²) in [6.07, 6.45) is 0.184. The first-order chi connectivity index (χ1) is 13.5. The zero-order valence-electron chi connectivity index (χ0n) is 16.1. The van der Waals surface area contributed by atoms with Gasteiger partial charge in [-0.2, -0.15) is 0 Å². The number of rotatable bonds is 6. The van der Waals surface area contributed by atoms with Crippen LogP contribution in [-0.2, 0) is 11.2 Å². The lowest BCUT2D eigenvalue weighted by molar-refractivity contribution is -0.121. The van der Waals surface area contributed by atoms with Crippen LogP contribution in [0.15, 0.2) is 66.7 Å². The van der Waals surface area contributed by atoms with E-state index in [1.54, 1.807) is 24.3 Å². The van der Waals surface area contributed by atoms with E-state index in [4.69, 9.17) is 4.74 Å². The minimum atomic E-state index is -0.373. The molecule has 3 aromatic carbocycles. The fraction of sp³-hybridized carbons (Fsp3) is 0.217. The highest BCUT2D eigenvalue weighted by Crippen LogP contribution is 2.18. The van der Waals surface area contributed by atoms with E-state index >= 15 is 0 Å². The van der Waals surface area contributed by atoms with Crippen molar-refractivity contribution in [3.8, 4) is 5.75 Å². The van der Waals surface area contributed by atoms with Crippen molar-refractivity contribution in [3.63, 3.8) is 0 Å². The first-order valence-electron chi connectivity index (χ1n) is 9.31. The lowest BCUT2D eigenvalue weighted by Crippen LogP contribution is -2.42. The van der Waals surface area contributed by atoms with Gasteiger partial charge < -0.3 is 4.74 Å². The SMILES string of the molecule is CC(C)COc1ccc(C(=O)NNC(=O)Cc2cccc3ccccc23)cc1. The third kappa shape index (κ3) is 5.10. The number of hydrogen-bond donors (Lipinski definition) is 2. The van der Waals surface area contributed by atoms with Gasteiger partial charge in [0.2, 0.25) is 5.91 Å². The van der Waals surface area contributed by atoms with Gasteiger partial charge in [0.1, 0.15) is 5.75 Å². The molecule has 0 unspecified atom stereocenters. The lowest BCUT2D eigenvalue weighted by Gasteiger charge is -2.11. The molecule has 144 valence electrons. The van der Waals surface area contributed by atoms with Crippen molar-refractivity contribution in [3.05, 3.63) is 77.9 Å². The molecule has 0 saturated carbocycles. The highest BCUT2D eigenvalue weighted by atomic mass is 16.5.